The molecule has 0 aliphatic rings. The predicted molar refractivity (Wildman–Crippen MR) is 105 cm³/mol. The van der Waals surface area contributed by atoms with Crippen molar-refractivity contribution in [1.29, 1.82) is 0 Å². The predicted octanol–water partition coefficient (Wildman–Crippen LogP) is 3.81. The van der Waals surface area contributed by atoms with Gasteiger partial charge < -0.3 is 9.15 Å². The van der Waals surface area contributed by atoms with Gasteiger partial charge in [0.2, 0.25) is 15.8 Å². The number of furan rings is 1. The lowest BCUT2D eigenvalue weighted by molar-refractivity contribution is 0.0491. The number of fused-ring (bicyclic) bond motifs is 1. The van der Waals surface area contributed by atoms with Crippen molar-refractivity contribution < 1.29 is 22.4 Å². The Hall–Kier alpha value is -2.16. The Morgan fingerprint density at radius 3 is 2.70 bits per heavy atom. The van der Waals surface area contributed by atoms with Crippen molar-refractivity contribution in [3.8, 4) is 0 Å². The molecule has 0 unspecified atom stereocenters. The number of esters is 1. The first-order valence-electron chi connectivity index (χ1n) is 8.56. The molecule has 1 N–H and O–H groups in total. The number of aryl methyl sites for hydroxylation is 2. The van der Waals surface area contributed by atoms with Crippen molar-refractivity contribution in [1.82, 2.24) is 4.72 Å². The zero-order chi connectivity index (χ0) is 19.6. The quantitative estimate of drug-likeness (QED) is 0.602. The standard InChI is InChI=1S/C19H21NO5S2/c1-4-24-19(21)18-13(3)15-11-14(5-6-16(15)25-18)27(22,23)20-9-7-17-12(2)8-10-26-17/h5-6,8,10-11,20H,4,7,9H2,1-3H3. The highest BCUT2D eigenvalue weighted by Gasteiger charge is 2.21. The Morgan fingerprint density at radius 2 is 2.04 bits per heavy atom. The number of hydrogen-bond donors (Lipinski definition) is 1. The Kier molecular flexibility index (Phi) is 5.69. The first-order valence-corrected chi connectivity index (χ1v) is 10.9. The number of hydrogen-bond acceptors (Lipinski definition) is 6. The summed E-state index contributed by atoms with van der Waals surface area (Å²) in [6, 6.07) is 6.57. The topological polar surface area (TPSA) is 85.6 Å². The van der Waals surface area contributed by atoms with Crippen LogP contribution < -0.4 is 4.72 Å². The monoisotopic (exact) mass is 407 g/mol. The van der Waals surface area contributed by atoms with Crippen LogP contribution in [0.2, 0.25) is 0 Å². The lowest BCUT2D eigenvalue weighted by Gasteiger charge is -2.07. The van der Waals surface area contributed by atoms with Gasteiger partial charge in [0, 0.05) is 22.4 Å². The third-order valence-electron chi connectivity index (χ3n) is 4.29. The van der Waals surface area contributed by atoms with Crippen LogP contribution in [0, 0.1) is 13.8 Å². The maximum atomic E-state index is 12.6. The van der Waals surface area contributed by atoms with Crippen molar-refractivity contribution in [3.05, 3.63) is 51.4 Å². The van der Waals surface area contributed by atoms with Crippen molar-refractivity contribution in [2.45, 2.75) is 32.1 Å². The number of sulfonamides is 1. The van der Waals surface area contributed by atoms with Crippen LogP contribution in [0.3, 0.4) is 0 Å². The van der Waals surface area contributed by atoms with E-state index in [1.54, 1.807) is 31.3 Å². The van der Waals surface area contributed by atoms with E-state index < -0.39 is 16.0 Å². The molecule has 0 spiro atoms. The maximum Gasteiger partial charge on any atom is 0.374 e. The fourth-order valence-corrected chi connectivity index (χ4v) is 4.77. The summed E-state index contributed by atoms with van der Waals surface area (Å²) in [5.41, 5.74) is 2.18. The van der Waals surface area contributed by atoms with Crippen molar-refractivity contribution in [3.63, 3.8) is 0 Å². The van der Waals surface area contributed by atoms with Gasteiger partial charge >= 0.3 is 5.97 Å². The van der Waals surface area contributed by atoms with Gasteiger partial charge in [-0.15, -0.1) is 11.3 Å². The number of carbonyl (C=O) groups excluding carboxylic acids is 1. The summed E-state index contributed by atoms with van der Waals surface area (Å²) < 4.78 is 38.4. The molecule has 0 amide bonds. The molecule has 0 saturated carbocycles. The molecule has 0 aliphatic heterocycles. The summed E-state index contributed by atoms with van der Waals surface area (Å²) in [6.45, 7) is 5.99. The molecular formula is C19H21NO5S2. The van der Waals surface area contributed by atoms with E-state index in [9.17, 15) is 13.2 Å². The van der Waals surface area contributed by atoms with E-state index in [1.165, 1.54) is 17.7 Å². The van der Waals surface area contributed by atoms with Gasteiger partial charge in [-0.3, -0.25) is 0 Å². The minimum Gasteiger partial charge on any atom is -0.460 e. The normalized spacial score (nSPS) is 11.8. The van der Waals surface area contributed by atoms with Crippen LogP contribution in [-0.2, 0) is 21.2 Å². The fraction of sp³-hybridized carbons (Fsp3) is 0.316. The molecule has 2 heterocycles. The second-order valence-electron chi connectivity index (χ2n) is 6.11. The molecule has 0 fully saturated rings. The number of benzene rings is 1. The fourth-order valence-electron chi connectivity index (χ4n) is 2.80. The van der Waals surface area contributed by atoms with Crippen molar-refractivity contribution in [2.75, 3.05) is 13.2 Å². The highest BCUT2D eigenvalue weighted by Crippen LogP contribution is 2.28. The second-order valence-corrected chi connectivity index (χ2v) is 8.88. The highest BCUT2D eigenvalue weighted by molar-refractivity contribution is 7.89. The van der Waals surface area contributed by atoms with Gasteiger partial charge in [-0.25, -0.2) is 17.9 Å². The van der Waals surface area contributed by atoms with E-state index in [-0.39, 0.29) is 17.3 Å². The summed E-state index contributed by atoms with van der Waals surface area (Å²) in [4.78, 5) is 13.3. The SMILES string of the molecule is CCOC(=O)c1oc2ccc(S(=O)(=O)NCCc3sccc3C)cc2c1C. The molecular weight excluding hydrogens is 386 g/mol. The minimum absolute atomic E-state index is 0.0996. The molecule has 1 aromatic carbocycles. The van der Waals surface area contributed by atoms with E-state index in [2.05, 4.69) is 4.72 Å². The van der Waals surface area contributed by atoms with E-state index in [0.717, 1.165) is 4.88 Å². The van der Waals surface area contributed by atoms with Gasteiger partial charge in [-0.2, -0.15) is 0 Å². The Labute approximate surface area is 162 Å². The summed E-state index contributed by atoms with van der Waals surface area (Å²) >= 11 is 1.62. The molecule has 3 rings (SSSR count). The van der Waals surface area contributed by atoms with Crippen LogP contribution in [0.1, 0.15) is 33.5 Å². The Morgan fingerprint density at radius 1 is 1.26 bits per heavy atom. The number of ether oxygens (including phenoxy) is 1. The molecule has 6 nitrogen and oxygen atoms in total. The lowest BCUT2D eigenvalue weighted by atomic mass is 10.1. The van der Waals surface area contributed by atoms with Crippen molar-refractivity contribution in [2.24, 2.45) is 0 Å². The molecule has 0 atom stereocenters. The summed E-state index contributed by atoms with van der Waals surface area (Å²) in [5, 5.41) is 2.57. The van der Waals surface area contributed by atoms with E-state index in [4.69, 9.17) is 9.15 Å². The smallest absolute Gasteiger partial charge is 0.374 e. The van der Waals surface area contributed by atoms with Crippen LogP contribution >= 0.6 is 11.3 Å². The maximum absolute atomic E-state index is 12.6. The third kappa shape index (κ3) is 4.07. The molecule has 144 valence electrons. The van der Waals surface area contributed by atoms with Crippen LogP contribution in [0.5, 0.6) is 0 Å². The molecule has 8 heteroatoms. The lowest BCUT2D eigenvalue weighted by Crippen LogP contribution is -2.25. The first kappa shape index (κ1) is 19.6. The van der Waals surface area contributed by atoms with Crippen LogP contribution in [0.4, 0.5) is 0 Å². The van der Waals surface area contributed by atoms with E-state index in [1.807, 2.05) is 18.4 Å². The van der Waals surface area contributed by atoms with Gasteiger partial charge in [0.05, 0.1) is 11.5 Å². The van der Waals surface area contributed by atoms with E-state index >= 15 is 0 Å². The molecule has 2 aromatic heterocycles. The van der Waals surface area contributed by atoms with Gasteiger partial charge in [-0.05, 0) is 62.4 Å². The van der Waals surface area contributed by atoms with Gasteiger partial charge in [0.1, 0.15) is 5.58 Å². The highest BCUT2D eigenvalue weighted by atomic mass is 32.2. The van der Waals surface area contributed by atoms with Gasteiger partial charge in [-0.1, -0.05) is 0 Å². The van der Waals surface area contributed by atoms with Crippen LogP contribution in [-0.4, -0.2) is 27.5 Å². The Bertz CT molecular complexity index is 1080. The zero-order valence-electron chi connectivity index (χ0n) is 15.4. The first-order chi connectivity index (χ1) is 12.8. The molecule has 0 radical (unpaired) electrons. The number of thiophene rings is 1. The minimum atomic E-state index is -3.66. The third-order valence-corrected chi connectivity index (χ3v) is 6.83. The average Bonchev–Trinajstić information content (AvgIpc) is 3.18. The molecule has 0 aliphatic carbocycles. The Balaban J connectivity index is 1.81. The largest absolute Gasteiger partial charge is 0.460 e. The van der Waals surface area contributed by atoms with Gasteiger partial charge in [0.15, 0.2) is 0 Å². The van der Waals surface area contributed by atoms with E-state index in [0.29, 0.717) is 29.5 Å². The van der Waals surface area contributed by atoms with Crippen LogP contribution in [0.15, 0.2) is 39.0 Å². The number of rotatable bonds is 7. The molecule has 3 aromatic rings. The number of carbonyl (C=O) groups is 1. The van der Waals surface area contributed by atoms with Crippen LogP contribution in [0.25, 0.3) is 11.0 Å². The van der Waals surface area contributed by atoms with Crippen molar-refractivity contribution >= 4 is 38.3 Å². The summed E-state index contributed by atoms with van der Waals surface area (Å²) in [6.07, 6.45) is 0.642. The molecule has 0 saturated heterocycles. The molecule has 0 bridgehead atoms. The summed E-state index contributed by atoms with van der Waals surface area (Å²) in [5.74, 6) is -0.456. The number of nitrogens with one attached hydrogen (secondary N) is 1. The van der Waals surface area contributed by atoms with Gasteiger partial charge in [0.25, 0.3) is 0 Å². The molecule has 27 heavy (non-hydrogen) atoms. The average molecular weight is 408 g/mol. The second kappa shape index (κ2) is 7.84. The summed E-state index contributed by atoms with van der Waals surface area (Å²) in [7, 11) is -3.66. The zero-order valence-corrected chi connectivity index (χ0v) is 17.0.